The van der Waals surface area contributed by atoms with Crippen molar-refractivity contribution in [2.24, 2.45) is 0 Å². The molecule has 0 aliphatic carbocycles. The Morgan fingerprint density at radius 1 is 1.73 bits per heavy atom. The molecule has 0 saturated carbocycles. The van der Waals surface area contributed by atoms with Gasteiger partial charge in [0.05, 0.1) is 18.0 Å². The van der Waals surface area contributed by atoms with Crippen LogP contribution in [0.25, 0.3) is 0 Å². The quantitative estimate of drug-likeness (QED) is 0.751. The standard InChI is InChI=1S/C11H19N3O/c1-9(5-7-12)14(3)10(15)11(2)6-4-8-13-11/h9,13H,4-6,8H2,1-3H3. The third kappa shape index (κ3) is 2.48. The van der Waals surface area contributed by atoms with E-state index in [1.54, 1.807) is 11.9 Å². The maximum atomic E-state index is 12.1. The Labute approximate surface area is 91.2 Å². The zero-order valence-corrected chi connectivity index (χ0v) is 9.71. The highest BCUT2D eigenvalue weighted by Gasteiger charge is 2.38. The Kier molecular flexibility index (Phi) is 3.70. The predicted octanol–water partition coefficient (Wildman–Crippen LogP) is 0.889. The van der Waals surface area contributed by atoms with Gasteiger partial charge in [-0.25, -0.2) is 0 Å². The molecule has 2 unspecified atom stereocenters. The normalized spacial score (nSPS) is 27.1. The van der Waals surface area contributed by atoms with E-state index in [1.165, 1.54) is 0 Å². The summed E-state index contributed by atoms with van der Waals surface area (Å²) in [6, 6.07) is 2.08. The van der Waals surface area contributed by atoms with Crippen LogP contribution in [0.4, 0.5) is 0 Å². The van der Waals surface area contributed by atoms with Crippen LogP contribution < -0.4 is 5.32 Å². The minimum Gasteiger partial charge on any atom is -0.340 e. The summed E-state index contributed by atoms with van der Waals surface area (Å²) in [5.74, 6) is 0.0998. The number of likely N-dealkylation sites (N-methyl/N-ethyl adjacent to an activating group) is 1. The first kappa shape index (κ1) is 12.0. The van der Waals surface area contributed by atoms with Crippen molar-refractivity contribution in [1.29, 1.82) is 5.26 Å². The number of rotatable bonds is 3. The Balaban J connectivity index is 2.63. The van der Waals surface area contributed by atoms with Gasteiger partial charge in [0.2, 0.25) is 5.91 Å². The summed E-state index contributed by atoms with van der Waals surface area (Å²) < 4.78 is 0. The number of amides is 1. The molecule has 84 valence electrons. The van der Waals surface area contributed by atoms with Gasteiger partial charge in [-0.3, -0.25) is 4.79 Å². The average Bonchev–Trinajstić information content (AvgIpc) is 2.64. The lowest BCUT2D eigenvalue weighted by Gasteiger charge is -2.32. The molecule has 15 heavy (non-hydrogen) atoms. The summed E-state index contributed by atoms with van der Waals surface area (Å²) in [7, 11) is 1.77. The number of nitriles is 1. The van der Waals surface area contributed by atoms with Crippen LogP contribution in [0.1, 0.15) is 33.1 Å². The molecule has 1 amide bonds. The highest BCUT2D eigenvalue weighted by Crippen LogP contribution is 2.21. The van der Waals surface area contributed by atoms with Crippen LogP contribution in [0.3, 0.4) is 0 Å². The van der Waals surface area contributed by atoms with Crippen LogP contribution in [0.2, 0.25) is 0 Å². The highest BCUT2D eigenvalue weighted by molar-refractivity contribution is 5.86. The zero-order chi connectivity index (χ0) is 11.5. The largest absolute Gasteiger partial charge is 0.340 e. The second-order valence-electron chi connectivity index (χ2n) is 4.49. The van der Waals surface area contributed by atoms with Crippen molar-refractivity contribution in [1.82, 2.24) is 10.2 Å². The number of nitrogens with zero attached hydrogens (tertiary/aromatic N) is 2. The van der Waals surface area contributed by atoms with Gasteiger partial charge in [0.25, 0.3) is 0 Å². The monoisotopic (exact) mass is 209 g/mol. The minimum absolute atomic E-state index is 0.0123. The molecular formula is C11H19N3O. The lowest BCUT2D eigenvalue weighted by atomic mass is 9.97. The van der Waals surface area contributed by atoms with E-state index < -0.39 is 5.54 Å². The molecule has 1 aliphatic heterocycles. The van der Waals surface area contributed by atoms with Crippen molar-refractivity contribution in [3.05, 3.63) is 0 Å². The molecule has 1 saturated heterocycles. The summed E-state index contributed by atoms with van der Waals surface area (Å²) >= 11 is 0. The van der Waals surface area contributed by atoms with Crippen LogP contribution in [-0.4, -0.2) is 36.0 Å². The van der Waals surface area contributed by atoms with Crippen LogP contribution >= 0.6 is 0 Å². The molecule has 0 aromatic heterocycles. The Hall–Kier alpha value is -1.08. The number of carbonyl (C=O) groups excluding carboxylic acids is 1. The summed E-state index contributed by atoms with van der Waals surface area (Å²) in [6.45, 7) is 4.75. The molecule has 1 aliphatic rings. The molecule has 0 radical (unpaired) electrons. The second-order valence-corrected chi connectivity index (χ2v) is 4.49. The van der Waals surface area contributed by atoms with Crippen LogP contribution in [-0.2, 0) is 4.79 Å². The molecule has 4 heteroatoms. The SMILES string of the molecule is CC(CC#N)N(C)C(=O)C1(C)CCCN1. The van der Waals surface area contributed by atoms with Gasteiger partial charge in [-0.1, -0.05) is 0 Å². The van der Waals surface area contributed by atoms with Gasteiger partial charge in [-0.15, -0.1) is 0 Å². The molecule has 4 nitrogen and oxygen atoms in total. The first-order valence-corrected chi connectivity index (χ1v) is 5.40. The first-order chi connectivity index (χ1) is 7.01. The summed E-state index contributed by atoms with van der Waals surface area (Å²) in [6.07, 6.45) is 2.32. The average molecular weight is 209 g/mol. The van der Waals surface area contributed by atoms with E-state index in [0.29, 0.717) is 6.42 Å². The van der Waals surface area contributed by atoms with Gasteiger partial charge in [0, 0.05) is 13.1 Å². The molecule has 1 N–H and O–H groups in total. The minimum atomic E-state index is -0.418. The lowest BCUT2D eigenvalue weighted by molar-refractivity contribution is -0.137. The van der Waals surface area contributed by atoms with E-state index in [0.717, 1.165) is 19.4 Å². The van der Waals surface area contributed by atoms with E-state index in [4.69, 9.17) is 5.26 Å². The smallest absolute Gasteiger partial charge is 0.242 e. The van der Waals surface area contributed by atoms with Crippen molar-refractivity contribution >= 4 is 5.91 Å². The number of hydrogen-bond donors (Lipinski definition) is 1. The maximum Gasteiger partial charge on any atom is 0.242 e. The third-order valence-electron chi connectivity index (χ3n) is 3.21. The van der Waals surface area contributed by atoms with Crippen LogP contribution in [0, 0.1) is 11.3 Å². The van der Waals surface area contributed by atoms with E-state index in [-0.39, 0.29) is 11.9 Å². The van der Waals surface area contributed by atoms with Crippen molar-refractivity contribution < 1.29 is 4.79 Å². The molecule has 1 fully saturated rings. The van der Waals surface area contributed by atoms with E-state index in [2.05, 4.69) is 11.4 Å². The van der Waals surface area contributed by atoms with Crippen molar-refractivity contribution in [3.8, 4) is 6.07 Å². The number of nitrogens with one attached hydrogen (secondary N) is 1. The van der Waals surface area contributed by atoms with E-state index >= 15 is 0 Å². The van der Waals surface area contributed by atoms with Gasteiger partial charge in [0.1, 0.15) is 0 Å². The molecule has 0 bridgehead atoms. The van der Waals surface area contributed by atoms with E-state index in [9.17, 15) is 4.79 Å². The Morgan fingerprint density at radius 2 is 2.40 bits per heavy atom. The van der Waals surface area contributed by atoms with Crippen LogP contribution in [0.15, 0.2) is 0 Å². The molecule has 0 aromatic carbocycles. The van der Waals surface area contributed by atoms with Gasteiger partial charge in [0.15, 0.2) is 0 Å². The van der Waals surface area contributed by atoms with Crippen molar-refractivity contribution in [2.75, 3.05) is 13.6 Å². The van der Waals surface area contributed by atoms with Crippen molar-refractivity contribution in [2.45, 2.75) is 44.7 Å². The predicted molar refractivity (Wildman–Crippen MR) is 58.1 cm³/mol. The molecule has 1 heterocycles. The topological polar surface area (TPSA) is 56.1 Å². The number of hydrogen-bond acceptors (Lipinski definition) is 3. The fourth-order valence-corrected chi connectivity index (χ4v) is 1.94. The maximum absolute atomic E-state index is 12.1. The third-order valence-corrected chi connectivity index (χ3v) is 3.21. The molecular weight excluding hydrogens is 190 g/mol. The van der Waals surface area contributed by atoms with Gasteiger partial charge >= 0.3 is 0 Å². The van der Waals surface area contributed by atoms with Gasteiger partial charge < -0.3 is 10.2 Å². The lowest BCUT2D eigenvalue weighted by Crippen LogP contribution is -2.53. The molecule has 2 atom stereocenters. The van der Waals surface area contributed by atoms with Gasteiger partial charge in [-0.05, 0) is 33.2 Å². The summed E-state index contributed by atoms with van der Waals surface area (Å²) in [5.41, 5.74) is -0.418. The molecule has 0 spiro atoms. The first-order valence-electron chi connectivity index (χ1n) is 5.40. The molecule has 1 rings (SSSR count). The Morgan fingerprint density at radius 3 is 2.87 bits per heavy atom. The molecule has 0 aromatic rings. The Bertz CT molecular complexity index is 276. The summed E-state index contributed by atoms with van der Waals surface area (Å²) in [5, 5.41) is 11.8. The zero-order valence-electron chi connectivity index (χ0n) is 9.71. The summed E-state index contributed by atoms with van der Waals surface area (Å²) in [4.78, 5) is 13.8. The second kappa shape index (κ2) is 4.63. The fourth-order valence-electron chi connectivity index (χ4n) is 1.94. The van der Waals surface area contributed by atoms with Crippen LogP contribution in [0.5, 0.6) is 0 Å². The van der Waals surface area contributed by atoms with E-state index in [1.807, 2.05) is 13.8 Å². The number of carbonyl (C=O) groups is 1. The van der Waals surface area contributed by atoms with Crippen molar-refractivity contribution in [3.63, 3.8) is 0 Å². The van der Waals surface area contributed by atoms with Gasteiger partial charge in [-0.2, -0.15) is 5.26 Å². The fraction of sp³-hybridized carbons (Fsp3) is 0.818. The highest BCUT2D eigenvalue weighted by atomic mass is 16.2.